The summed E-state index contributed by atoms with van der Waals surface area (Å²) < 4.78 is 26.7. The number of nitrogens with zero attached hydrogens (tertiary/aromatic N) is 1. The van der Waals surface area contributed by atoms with Crippen molar-refractivity contribution in [1.29, 1.82) is 0 Å². The van der Waals surface area contributed by atoms with E-state index in [1.165, 1.54) is 4.90 Å². The van der Waals surface area contributed by atoms with Crippen LogP contribution in [-0.4, -0.2) is 46.7 Å². The third-order valence-corrected chi connectivity index (χ3v) is 6.38. The maximum absolute atomic E-state index is 13.4. The Balaban J connectivity index is 1.36. The molecule has 4 N–H and O–H groups in total. The molecule has 30 heavy (non-hydrogen) atoms. The fourth-order valence-electron chi connectivity index (χ4n) is 4.46. The molecule has 7 nitrogen and oxygen atoms in total. The molecule has 1 atom stereocenters. The van der Waals surface area contributed by atoms with E-state index in [1.54, 1.807) is 6.07 Å². The minimum absolute atomic E-state index is 0.186. The molecule has 1 aromatic carbocycles. The third-order valence-electron chi connectivity index (χ3n) is 6.38. The second-order valence-electron chi connectivity index (χ2n) is 8.71. The van der Waals surface area contributed by atoms with Gasteiger partial charge in [0.25, 0.3) is 5.91 Å². The molecule has 0 bridgehead atoms. The van der Waals surface area contributed by atoms with Gasteiger partial charge in [-0.05, 0) is 36.5 Å². The Hall–Kier alpha value is -2.39. The Morgan fingerprint density at radius 1 is 1.17 bits per heavy atom. The van der Waals surface area contributed by atoms with Gasteiger partial charge in [0.2, 0.25) is 17.7 Å². The first kappa shape index (κ1) is 20.9. The molecule has 0 aromatic heterocycles. The summed E-state index contributed by atoms with van der Waals surface area (Å²) in [6, 6.07) is 4.95. The average Bonchev–Trinajstić information content (AvgIpc) is 3.01. The molecule has 1 saturated carbocycles. The van der Waals surface area contributed by atoms with Gasteiger partial charge in [-0.15, -0.1) is 0 Å². The normalized spacial score (nSPS) is 25.2. The van der Waals surface area contributed by atoms with E-state index in [2.05, 4.69) is 10.6 Å². The number of fused-ring (bicyclic) bond motifs is 1. The number of piperidine rings is 1. The molecule has 3 amide bonds. The zero-order chi connectivity index (χ0) is 21.5. The largest absolute Gasteiger partial charge is 0.324 e. The minimum Gasteiger partial charge on any atom is -0.324 e. The number of nitrogens with two attached hydrogens (primary N) is 1. The van der Waals surface area contributed by atoms with Gasteiger partial charge in [-0.25, -0.2) is 8.78 Å². The van der Waals surface area contributed by atoms with E-state index in [9.17, 15) is 23.2 Å². The number of carbonyl (C=O) groups is 3. The van der Waals surface area contributed by atoms with Gasteiger partial charge in [-0.3, -0.25) is 19.7 Å². The Labute approximate surface area is 173 Å². The molecule has 1 saturated heterocycles. The zero-order valence-electron chi connectivity index (χ0n) is 16.7. The Kier molecular flexibility index (Phi) is 5.36. The molecule has 2 aliphatic heterocycles. The molecule has 4 rings (SSSR count). The summed E-state index contributed by atoms with van der Waals surface area (Å²) in [7, 11) is 0. The Morgan fingerprint density at radius 3 is 2.60 bits per heavy atom. The first-order valence-electron chi connectivity index (χ1n) is 10.3. The highest BCUT2D eigenvalue weighted by atomic mass is 19.3. The van der Waals surface area contributed by atoms with Gasteiger partial charge >= 0.3 is 0 Å². The fourth-order valence-corrected chi connectivity index (χ4v) is 4.46. The summed E-state index contributed by atoms with van der Waals surface area (Å²) in [4.78, 5) is 37.9. The van der Waals surface area contributed by atoms with E-state index in [-0.39, 0.29) is 43.9 Å². The maximum Gasteiger partial charge on any atom is 0.255 e. The van der Waals surface area contributed by atoms with Gasteiger partial charge in [-0.2, -0.15) is 0 Å². The van der Waals surface area contributed by atoms with Crippen LogP contribution in [-0.2, 0) is 22.7 Å². The molecule has 162 valence electrons. The van der Waals surface area contributed by atoms with Gasteiger partial charge in [0.15, 0.2) is 0 Å². The van der Waals surface area contributed by atoms with Crippen LogP contribution in [0.1, 0.15) is 60.0 Å². The van der Waals surface area contributed by atoms with E-state index in [4.69, 9.17) is 5.73 Å². The molecular weight excluding hydrogens is 394 g/mol. The lowest BCUT2D eigenvalue weighted by atomic mass is 9.80. The van der Waals surface area contributed by atoms with E-state index < -0.39 is 23.4 Å². The van der Waals surface area contributed by atoms with Crippen molar-refractivity contribution >= 4 is 17.7 Å². The van der Waals surface area contributed by atoms with Gasteiger partial charge < -0.3 is 16.0 Å². The highest BCUT2D eigenvalue weighted by molar-refractivity contribution is 6.05. The number of halogens is 2. The Morgan fingerprint density at radius 2 is 1.90 bits per heavy atom. The number of alkyl halides is 2. The monoisotopic (exact) mass is 420 g/mol. The van der Waals surface area contributed by atoms with E-state index in [0.29, 0.717) is 31.6 Å². The zero-order valence-corrected chi connectivity index (χ0v) is 16.7. The molecule has 0 radical (unpaired) electrons. The quantitative estimate of drug-likeness (QED) is 0.626. The average molecular weight is 420 g/mol. The van der Waals surface area contributed by atoms with Crippen LogP contribution in [0, 0.1) is 0 Å². The van der Waals surface area contributed by atoms with Crippen molar-refractivity contribution < 1.29 is 23.2 Å². The minimum atomic E-state index is -2.61. The Bertz CT molecular complexity index is 879. The number of benzene rings is 1. The van der Waals surface area contributed by atoms with Crippen LogP contribution < -0.4 is 16.4 Å². The number of carbonyl (C=O) groups excluding carboxylic acids is 3. The SMILES string of the molecule is NC1(CNCc2ccc3c(c2)C(=O)N(C2CCC(=O)NC2=O)C3)CCC(F)(F)CC1. The number of hydrogen-bond donors (Lipinski definition) is 3. The molecule has 1 aromatic rings. The van der Waals surface area contributed by atoms with Gasteiger partial charge in [0.1, 0.15) is 6.04 Å². The second kappa shape index (κ2) is 7.70. The molecule has 9 heteroatoms. The predicted octanol–water partition coefficient (Wildman–Crippen LogP) is 1.44. The lowest BCUT2D eigenvalue weighted by Crippen LogP contribution is -2.52. The number of hydrogen-bond acceptors (Lipinski definition) is 5. The summed E-state index contributed by atoms with van der Waals surface area (Å²) >= 11 is 0. The van der Waals surface area contributed by atoms with E-state index >= 15 is 0 Å². The van der Waals surface area contributed by atoms with Crippen LogP contribution in [0.3, 0.4) is 0 Å². The van der Waals surface area contributed by atoms with Crippen molar-refractivity contribution in [2.45, 2.75) is 69.1 Å². The van der Waals surface area contributed by atoms with Crippen molar-refractivity contribution in [2.24, 2.45) is 5.73 Å². The number of imide groups is 1. The van der Waals surface area contributed by atoms with Crippen molar-refractivity contribution in [2.75, 3.05) is 6.54 Å². The van der Waals surface area contributed by atoms with Gasteiger partial charge in [0.05, 0.1) is 0 Å². The topological polar surface area (TPSA) is 105 Å². The fraction of sp³-hybridized carbons (Fsp3) is 0.571. The van der Waals surface area contributed by atoms with E-state index in [1.807, 2.05) is 12.1 Å². The predicted molar refractivity (Wildman–Crippen MR) is 105 cm³/mol. The molecule has 0 spiro atoms. The summed E-state index contributed by atoms with van der Waals surface area (Å²) in [5.74, 6) is -3.57. The lowest BCUT2D eigenvalue weighted by Gasteiger charge is -2.37. The van der Waals surface area contributed by atoms with Crippen LogP contribution in [0.15, 0.2) is 18.2 Å². The molecule has 2 fully saturated rings. The molecular formula is C21H26F2N4O3. The molecule has 3 aliphatic rings. The highest BCUT2D eigenvalue weighted by Gasteiger charge is 2.41. The summed E-state index contributed by atoms with van der Waals surface area (Å²) in [5.41, 5.74) is 7.91. The molecule has 1 aliphatic carbocycles. The van der Waals surface area contributed by atoms with Crippen LogP contribution in [0.2, 0.25) is 0 Å². The van der Waals surface area contributed by atoms with Crippen molar-refractivity contribution in [3.8, 4) is 0 Å². The standard InChI is InChI=1S/C21H26F2N4O3/c22-21(23)7-5-20(24,6-8-21)12-25-10-13-1-2-14-11-27(19(30)15(14)9-13)16-3-4-17(28)26-18(16)29/h1-2,9,16,25H,3-8,10-12,24H2,(H,26,28,29). The first-order valence-corrected chi connectivity index (χ1v) is 10.3. The van der Waals surface area contributed by atoms with Crippen LogP contribution in [0.25, 0.3) is 0 Å². The smallest absolute Gasteiger partial charge is 0.255 e. The van der Waals surface area contributed by atoms with Crippen molar-refractivity contribution in [3.05, 3.63) is 34.9 Å². The van der Waals surface area contributed by atoms with Crippen molar-refractivity contribution in [1.82, 2.24) is 15.5 Å². The number of rotatable bonds is 5. The van der Waals surface area contributed by atoms with Gasteiger partial charge in [-0.1, -0.05) is 12.1 Å². The summed E-state index contributed by atoms with van der Waals surface area (Å²) in [6.45, 7) is 1.24. The number of nitrogens with one attached hydrogen (secondary N) is 2. The van der Waals surface area contributed by atoms with Crippen LogP contribution in [0.4, 0.5) is 8.78 Å². The van der Waals surface area contributed by atoms with Crippen LogP contribution >= 0.6 is 0 Å². The second-order valence-corrected chi connectivity index (χ2v) is 8.71. The summed E-state index contributed by atoms with van der Waals surface area (Å²) in [5, 5.41) is 5.53. The highest BCUT2D eigenvalue weighted by Crippen LogP contribution is 2.37. The summed E-state index contributed by atoms with van der Waals surface area (Å²) in [6.07, 6.45) is 0.728. The van der Waals surface area contributed by atoms with Crippen LogP contribution in [0.5, 0.6) is 0 Å². The first-order chi connectivity index (χ1) is 14.2. The maximum atomic E-state index is 13.4. The molecule has 1 unspecified atom stereocenters. The van der Waals surface area contributed by atoms with E-state index in [0.717, 1.165) is 11.1 Å². The van der Waals surface area contributed by atoms with Crippen molar-refractivity contribution in [3.63, 3.8) is 0 Å². The lowest BCUT2D eigenvalue weighted by molar-refractivity contribution is -0.136. The molecule has 2 heterocycles. The third kappa shape index (κ3) is 4.22. The van der Waals surface area contributed by atoms with Gasteiger partial charge in [0, 0.05) is 50.0 Å². The number of amides is 3.